The average molecular weight is 437 g/mol. The first-order valence-electron chi connectivity index (χ1n) is 9.64. The number of urea groups is 1. The van der Waals surface area contributed by atoms with Crippen molar-refractivity contribution in [2.24, 2.45) is 0 Å². The summed E-state index contributed by atoms with van der Waals surface area (Å²) in [6, 6.07) is 8.46. The van der Waals surface area contributed by atoms with Crippen LogP contribution in [0.3, 0.4) is 0 Å². The van der Waals surface area contributed by atoms with Crippen LogP contribution in [-0.2, 0) is 6.18 Å². The number of rotatable bonds is 3. The van der Waals surface area contributed by atoms with Gasteiger partial charge in [-0.25, -0.2) is 4.79 Å². The van der Waals surface area contributed by atoms with Crippen molar-refractivity contribution in [1.82, 2.24) is 10.2 Å². The van der Waals surface area contributed by atoms with E-state index < -0.39 is 35.8 Å². The highest BCUT2D eigenvalue weighted by Crippen LogP contribution is 2.30. The lowest BCUT2D eigenvalue weighted by molar-refractivity contribution is -0.137. The molecule has 4 N–H and O–H groups in total. The van der Waals surface area contributed by atoms with Crippen molar-refractivity contribution in [2.75, 3.05) is 18.4 Å². The second kappa shape index (κ2) is 9.25. The molecule has 7 nitrogen and oxygen atoms in total. The van der Waals surface area contributed by atoms with Crippen molar-refractivity contribution in [3.8, 4) is 5.75 Å². The number of phenolic OH excluding ortho intramolecular Hbond substituents is 1. The van der Waals surface area contributed by atoms with E-state index in [-0.39, 0.29) is 30.1 Å². The molecule has 0 saturated carbocycles. The summed E-state index contributed by atoms with van der Waals surface area (Å²) >= 11 is 0. The number of likely N-dealkylation sites (tertiary alicyclic amines) is 1. The van der Waals surface area contributed by atoms with Gasteiger partial charge >= 0.3 is 12.2 Å². The number of nitrogens with one attached hydrogen (secondary N) is 2. The number of phenols is 1. The lowest BCUT2D eigenvalue weighted by atomic mass is 10.1. The van der Waals surface area contributed by atoms with Crippen molar-refractivity contribution in [1.29, 1.82) is 0 Å². The first-order valence-corrected chi connectivity index (χ1v) is 9.64. The number of nitrogens with zero attached hydrogens (tertiary/aromatic N) is 1. The lowest BCUT2D eigenvalue weighted by Gasteiger charge is -2.27. The van der Waals surface area contributed by atoms with Crippen LogP contribution in [0.2, 0.25) is 0 Å². The van der Waals surface area contributed by atoms with Gasteiger partial charge in [0.25, 0.3) is 5.91 Å². The Balaban J connectivity index is 1.68. The lowest BCUT2D eigenvalue weighted by Crippen LogP contribution is -2.50. The third-order valence-corrected chi connectivity index (χ3v) is 4.98. The summed E-state index contributed by atoms with van der Waals surface area (Å²) < 4.78 is 38.7. The summed E-state index contributed by atoms with van der Waals surface area (Å²) in [7, 11) is 0. The Hall–Kier alpha value is -3.27. The SMILES string of the molecule is O=C(NC1CN(C(=O)Nc2cccc(C(F)(F)F)c2)CCCC1O)c1ccc(O)cc1. The largest absolute Gasteiger partial charge is 0.508 e. The molecule has 0 spiro atoms. The fourth-order valence-corrected chi connectivity index (χ4v) is 3.31. The molecular formula is C21H22F3N3O4. The van der Waals surface area contributed by atoms with Gasteiger partial charge in [0.2, 0.25) is 0 Å². The van der Waals surface area contributed by atoms with Gasteiger partial charge < -0.3 is 25.7 Å². The number of carbonyl (C=O) groups excluding carboxylic acids is 2. The fraction of sp³-hybridized carbons (Fsp3) is 0.333. The highest BCUT2D eigenvalue weighted by Gasteiger charge is 2.32. The summed E-state index contributed by atoms with van der Waals surface area (Å²) in [5.74, 6) is -0.479. The Labute approximate surface area is 176 Å². The van der Waals surface area contributed by atoms with E-state index in [9.17, 15) is 33.0 Å². The molecular weight excluding hydrogens is 415 g/mol. The molecule has 2 aromatic rings. The molecule has 0 radical (unpaired) electrons. The Kier molecular flexibility index (Phi) is 6.69. The van der Waals surface area contributed by atoms with E-state index in [4.69, 9.17) is 0 Å². The number of hydrogen-bond donors (Lipinski definition) is 4. The van der Waals surface area contributed by atoms with Gasteiger partial charge in [0.1, 0.15) is 5.75 Å². The van der Waals surface area contributed by atoms with Gasteiger partial charge in [-0.1, -0.05) is 6.07 Å². The Bertz CT molecular complexity index is 934. The quantitative estimate of drug-likeness (QED) is 0.592. The summed E-state index contributed by atoms with van der Waals surface area (Å²) in [4.78, 5) is 26.4. The first-order chi connectivity index (χ1) is 14.6. The molecule has 0 aromatic heterocycles. The summed E-state index contributed by atoms with van der Waals surface area (Å²) in [5, 5.41) is 24.8. The predicted octanol–water partition coefficient (Wildman–Crippen LogP) is 3.20. The maximum Gasteiger partial charge on any atom is 0.416 e. The predicted molar refractivity (Wildman–Crippen MR) is 107 cm³/mol. The van der Waals surface area contributed by atoms with Crippen LogP contribution in [0.25, 0.3) is 0 Å². The molecule has 2 unspecified atom stereocenters. The van der Waals surface area contributed by atoms with E-state index >= 15 is 0 Å². The van der Waals surface area contributed by atoms with E-state index in [0.717, 1.165) is 12.1 Å². The molecule has 2 atom stereocenters. The Morgan fingerprint density at radius 1 is 1.10 bits per heavy atom. The topological polar surface area (TPSA) is 102 Å². The highest BCUT2D eigenvalue weighted by molar-refractivity contribution is 5.94. The minimum Gasteiger partial charge on any atom is -0.508 e. The molecule has 166 valence electrons. The van der Waals surface area contributed by atoms with E-state index in [2.05, 4.69) is 10.6 Å². The Morgan fingerprint density at radius 3 is 2.48 bits per heavy atom. The number of benzene rings is 2. The third kappa shape index (κ3) is 5.88. The smallest absolute Gasteiger partial charge is 0.416 e. The van der Waals surface area contributed by atoms with Gasteiger partial charge in [-0.3, -0.25) is 4.79 Å². The minimum absolute atomic E-state index is 0.00323. The molecule has 1 saturated heterocycles. The van der Waals surface area contributed by atoms with Crippen LogP contribution in [0.1, 0.15) is 28.8 Å². The summed E-state index contributed by atoms with van der Waals surface area (Å²) in [6.45, 7) is 0.253. The van der Waals surface area contributed by atoms with Crippen molar-refractivity contribution in [2.45, 2.75) is 31.2 Å². The number of halogens is 3. The van der Waals surface area contributed by atoms with Gasteiger partial charge in [-0.15, -0.1) is 0 Å². The van der Waals surface area contributed by atoms with Crippen molar-refractivity contribution in [3.63, 3.8) is 0 Å². The van der Waals surface area contributed by atoms with E-state index in [1.807, 2.05) is 0 Å². The van der Waals surface area contributed by atoms with Crippen molar-refractivity contribution >= 4 is 17.6 Å². The van der Waals surface area contributed by atoms with Crippen molar-refractivity contribution in [3.05, 3.63) is 59.7 Å². The number of aliphatic hydroxyl groups excluding tert-OH is 1. The molecule has 31 heavy (non-hydrogen) atoms. The molecule has 3 rings (SSSR count). The molecule has 0 aliphatic carbocycles. The minimum atomic E-state index is -4.53. The fourth-order valence-electron chi connectivity index (χ4n) is 3.31. The summed E-state index contributed by atoms with van der Waals surface area (Å²) in [5.41, 5.74) is -0.612. The zero-order valence-corrected chi connectivity index (χ0v) is 16.4. The molecule has 1 fully saturated rings. The van der Waals surface area contributed by atoms with Gasteiger partial charge in [0.05, 0.1) is 17.7 Å². The standard InChI is InChI=1S/C21H22F3N3O4/c22-21(23,24)14-3-1-4-15(11-14)25-20(31)27-10-2-5-18(29)17(12-27)26-19(30)13-6-8-16(28)9-7-13/h1,3-4,6-9,11,17-18,28-29H,2,5,10,12H2,(H,25,31)(H,26,30). The maximum atomic E-state index is 12.9. The molecule has 10 heteroatoms. The molecule has 1 aliphatic rings. The zero-order chi connectivity index (χ0) is 22.6. The Morgan fingerprint density at radius 2 is 1.81 bits per heavy atom. The zero-order valence-electron chi connectivity index (χ0n) is 16.4. The number of aliphatic hydroxyl groups is 1. The monoisotopic (exact) mass is 437 g/mol. The number of anilines is 1. The van der Waals surface area contributed by atoms with Crippen LogP contribution in [-0.4, -0.2) is 52.3 Å². The van der Waals surface area contributed by atoms with Crippen LogP contribution >= 0.6 is 0 Å². The number of amides is 3. The van der Waals surface area contributed by atoms with Gasteiger partial charge in [-0.2, -0.15) is 13.2 Å². The number of carbonyl (C=O) groups is 2. The molecule has 0 bridgehead atoms. The van der Waals surface area contributed by atoms with Crippen molar-refractivity contribution < 1.29 is 33.0 Å². The normalized spacial score (nSPS) is 19.4. The van der Waals surface area contributed by atoms with E-state index in [1.165, 1.54) is 41.3 Å². The van der Waals surface area contributed by atoms with Crippen LogP contribution in [0, 0.1) is 0 Å². The molecule has 1 aliphatic heterocycles. The number of hydrogen-bond acceptors (Lipinski definition) is 4. The highest BCUT2D eigenvalue weighted by atomic mass is 19.4. The third-order valence-electron chi connectivity index (χ3n) is 4.98. The van der Waals surface area contributed by atoms with Crippen LogP contribution in [0.4, 0.5) is 23.7 Å². The van der Waals surface area contributed by atoms with E-state index in [0.29, 0.717) is 12.8 Å². The van der Waals surface area contributed by atoms with Crippen LogP contribution in [0.15, 0.2) is 48.5 Å². The first kappa shape index (κ1) is 22.4. The van der Waals surface area contributed by atoms with Crippen LogP contribution in [0.5, 0.6) is 5.75 Å². The molecule has 1 heterocycles. The van der Waals surface area contributed by atoms with Gasteiger partial charge in [-0.05, 0) is 55.3 Å². The molecule has 3 amide bonds. The van der Waals surface area contributed by atoms with Gasteiger partial charge in [0, 0.05) is 24.3 Å². The maximum absolute atomic E-state index is 12.9. The second-order valence-corrected chi connectivity index (χ2v) is 7.29. The average Bonchev–Trinajstić information content (AvgIpc) is 2.90. The number of alkyl halides is 3. The number of aromatic hydroxyl groups is 1. The van der Waals surface area contributed by atoms with Crippen LogP contribution < -0.4 is 10.6 Å². The van der Waals surface area contributed by atoms with E-state index in [1.54, 1.807) is 0 Å². The summed E-state index contributed by atoms with van der Waals surface area (Å²) in [6.07, 6.45) is -4.62. The second-order valence-electron chi connectivity index (χ2n) is 7.29. The molecule has 2 aromatic carbocycles. The van der Waals surface area contributed by atoms with Gasteiger partial charge in [0.15, 0.2) is 0 Å².